The summed E-state index contributed by atoms with van der Waals surface area (Å²) >= 11 is 1.49. The summed E-state index contributed by atoms with van der Waals surface area (Å²) in [7, 11) is 0. The minimum Gasteiger partial charge on any atom is -0.480 e. The standard InChI is InChI=1S/C10H14N2O3S/c1-6(7-2-11-3-7)9(13)12-5-16-4-8(12)10(14)15/h8,11H,2-5H2,1H3,(H,14,15)/t8-/m0/s1. The van der Waals surface area contributed by atoms with E-state index in [1.165, 1.54) is 16.7 Å². The molecule has 5 nitrogen and oxygen atoms in total. The van der Waals surface area contributed by atoms with Crippen molar-refractivity contribution in [3.63, 3.8) is 0 Å². The predicted molar refractivity (Wildman–Crippen MR) is 61.2 cm³/mol. The lowest BCUT2D eigenvalue weighted by Crippen LogP contribution is -2.44. The Morgan fingerprint density at radius 1 is 1.50 bits per heavy atom. The maximum absolute atomic E-state index is 12.1. The van der Waals surface area contributed by atoms with Crippen LogP contribution in [0.5, 0.6) is 0 Å². The molecule has 1 amide bonds. The largest absolute Gasteiger partial charge is 0.480 e. The van der Waals surface area contributed by atoms with Gasteiger partial charge in [0.1, 0.15) is 6.04 Å². The van der Waals surface area contributed by atoms with Gasteiger partial charge in [-0.1, -0.05) is 0 Å². The second kappa shape index (κ2) is 4.47. The van der Waals surface area contributed by atoms with Crippen LogP contribution < -0.4 is 5.32 Å². The second-order valence-corrected chi connectivity index (χ2v) is 4.96. The number of carboxylic acid groups (broad SMARTS) is 1. The normalized spacial score (nSPS) is 24.2. The number of nitrogens with one attached hydrogen (secondary N) is 1. The lowest BCUT2D eigenvalue weighted by atomic mass is 10.0. The molecule has 0 aliphatic carbocycles. The molecular weight excluding hydrogens is 228 g/mol. The van der Waals surface area contributed by atoms with Gasteiger partial charge in [-0.3, -0.25) is 4.79 Å². The molecule has 0 spiro atoms. The van der Waals surface area contributed by atoms with E-state index in [4.69, 9.17) is 5.11 Å². The molecule has 88 valence electrons. The van der Waals surface area contributed by atoms with E-state index in [-0.39, 0.29) is 5.91 Å². The molecule has 0 aromatic carbocycles. The number of aliphatic carboxylic acids is 1. The van der Waals surface area contributed by atoms with Crippen LogP contribution in [0.15, 0.2) is 11.1 Å². The number of carbonyl (C=O) groups excluding carboxylic acids is 1. The molecule has 2 aliphatic rings. The van der Waals surface area contributed by atoms with Crippen LogP contribution in [0.3, 0.4) is 0 Å². The van der Waals surface area contributed by atoms with E-state index >= 15 is 0 Å². The molecular formula is C10H14N2O3S. The van der Waals surface area contributed by atoms with Crippen molar-refractivity contribution in [3.05, 3.63) is 11.1 Å². The number of hydrogen-bond donors (Lipinski definition) is 2. The number of carboxylic acids is 1. The third kappa shape index (κ3) is 1.94. The molecule has 16 heavy (non-hydrogen) atoms. The van der Waals surface area contributed by atoms with Crippen molar-refractivity contribution in [2.75, 3.05) is 24.7 Å². The van der Waals surface area contributed by atoms with Gasteiger partial charge in [0, 0.05) is 24.4 Å². The Kier molecular flexibility index (Phi) is 3.20. The SMILES string of the molecule is CC(C(=O)N1CSC[C@H]1C(=O)O)=C1CNC1. The monoisotopic (exact) mass is 242 g/mol. The zero-order valence-corrected chi connectivity index (χ0v) is 9.84. The van der Waals surface area contributed by atoms with Gasteiger partial charge in [-0.05, 0) is 12.5 Å². The Morgan fingerprint density at radius 2 is 2.19 bits per heavy atom. The second-order valence-electron chi connectivity index (χ2n) is 3.96. The Bertz CT molecular complexity index is 361. The van der Waals surface area contributed by atoms with Gasteiger partial charge in [0.25, 0.3) is 5.91 Å². The first-order valence-corrected chi connectivity index (χ1v) is 6.27. The van der Waals surface area contributed by atoms with Crippen molar-refractivity contribution in [1.29, 1.82) is 0 Å². The first-order valence-electron chi connectivity index (χ1n) is 5.12. The van der Waals surface area contributed by atoms with E-state index < -0.39 is 12.0 Å². The predicted octanol–water partition coefficient (Wildman–Crippen LogP) is -0.108. The van der Waals surface area contributed by atoms with Gasteiger partial charge >= 0.3 is 5.97 Å². The summed E-state index contributed by atoms with van der Waals surface area (Å²) in [5.41, 5.74) is 1.79. The maximum atomic E-state index is 12.1. The van der Waals surface area contributed by atoms with Crippen LogP contribution in [0.4, 0.5) is 0 Å². The highest BCUT2D eigenvalue weighted by molar-refractivity contribution is 7.99. The molecule has 2 fully saturated rings. The Morgan fingerprint density at radius 3 is 2.69 bits per heavy atom. The molecule has 6 heteroatoms. The van der Waals surface area contributed by atoms with Crippen molar-refractivity contribution in [3.8, 4) is 0 Å². The molecule has 0 radical (unpaired) electrons. The highest BCUT2D eigenvalue weighted by Crippen LogP contribution is 2.24. The van der Waals surface area contributed by atoms with Crippen molar-refractivity contribution in [2.24, 2.45) is 0 Å². The summed E-state index contributed by atoms with van der Waals surface area (Å²) in [6.07, 6.45) is 0. The van der Waals surface area contributed by atoms with Gasteiger partial charge in [-0.2, -0.15) is 0 Å². The molecule has 2 heterocycles. The molecule has 2 aliphatic heterocycles. The number of rotatable bonds is 2. The smallest absolute Gasteiger partial charge is 0.327 e. The molecule has 0 bridgehead atoms. The third-order valence-corrected chi connectivity index (χ3v) is 3.97. The molecule has 0 aromatic rings. The Hall–Kier alpha value is -1.01. The summed E-state index contributed by atoms with van der Waals surface area (Å²) in [4.78, 5) is 24.5. The molecule has 1 atom stereocenters. The van der Waals surface area contributed by atoms with Crippen LogP contribution in [-0.4, -0.2) is 52.6 Å². The van der Waals surface area contributed by atoms with Crippen LogP contribution in [0.2, 0.25) is 0 Å². The van der Waals surface area contributed by atoms with Crippen molar-refractivity contribution >= 4 is 23.6 Å². The maximum Gasteiger partial charge on any atom is 0.327 e. The van der Waals surface area contributed by atoms with Gasteiger partial charge in [0.15, 0.2) is 0 Å². The number of thioether (sulfide) groups is 1. The number of carbonyl (C=O) groups is 2. The van der Waals surface area contributed by atoms with E-state index in [1.807, 2.05) is 0 Å². The first-order chi connectivity index (χ1) is 7.61. The molecule has 0 unspecified atom stereocenters. The summed E-state index contributed by atoms with van der Waals surface area (Å²) in [5.74, 6) is -0.0766. The number of nitrogens with zero attached hydrogens (tertiary/aromatic N) is 1. The number of hydrogen-bond acceptors (Lipinski definition) is 4. The highest BCUT2D eigenvalue weighted by atomic mass is 32.2. The lowest BCUT2D eigenvalue weighted by molar-refractivity contribution is -0.146. The van der Waals surface area contributed by atoms with Crippen LogP contribution in [-0.2, 0) is 9.59 Å². The van der Waals surface area contributed by atoms with Crippen LogP contribution in [0.1, 0.15) is 6.92 Å². The fourth-order valence-electron chi connectivity index (χ4n) is 1.73. The quantitative estimate of drug-likeness (QED) is 0.661. The van der Waals surface area contributed by atoms with Crippen LogP contribution in [0.25, 0.3) is 0 Å². The molecule has 2 N–H and O–H groups in total. The van der Waals surface area contributed by atoms with Gasteiger partial charge in [-0.15, -0.1) is 11.8 Å². The van der Waals surface area contributed by atoms with Crippen molar-refractivity contribution in [1.82, 2.24) is 10.2 Å². The van der Waals surface area contributed by atoms with E-state index in [2.05, 4.69) is 5.32 Å². The van der Waals surface area contributed by atoms with E-state index in [0.29, 0.717) is 17.2 Å². The minimum atomic E-state index is -0.914. The van der Waals surface area contributed by atoms with Crippen LogP contribution in [0, 0.1) is 0 Å². The zero-order chi connectivity index (χ0) is 11.7. The fraction of sp³-hybridized carbons (Fsp3) is 0.600. The summed E-state index contributed by atoms with van der Waals surface area (Å²) < 4.78 is 0. The van der Waals surface area contributed by atoms with Gasteiger partial charge in [0.2, 0.25) is 0 Å². The molecule has 2 rings (SSSR count). The molecule has 0 aromatic heterocycles. The lowest BCUT2D eigenvalue weighted by Gasteiger charge is -2.26. The van der Waals surface area contributed by atoms with Crippen molar-refractivity contribution in [2.45, 2.75) is 13.0 Å². The zero-order valence-electron chi connectivity index (χ0n) is 9.02. The fourth-order valence-corrected chi connectivity index (χ4v) is 2.87. The van der Waals surface area contributed by atoms with E-state index in [1.54, 1.807) is 6.92 Å². The topological polar surface area (TPSA) is 69.6 Å². The van der Waals surface area contributed by atoms with E-state index in [0.717, 1.165) is 18.7 Å². The van der Waals surface area contributed by atoms with Gasteiger partial charge in [0.05, 0.1) is 5.88 Å². The highest BCUT2D eigenvalue weighted by Gasteiger charge is 2.35. The Balaban J connectivity index is 2.12. The third-order valence-electron chi connectivity index (χ3n) is 2.96. The average Bonchev–Trinajstić information content (AvgIpc) is 2.61. The minimum absolute atomic E-state index is 0.131. The van der Waals surface area contributed by atoms with Crippen LogP contribution >= 0.6 is 11.8 Å². The average molecular weight is 242 g/mol. The Labute approximate surface area is 97.9 Å². The summed E-state index contributed by atoms with van der Waals surface area (Å²) in [5, 5.41) is 12.1. The van der Waals surface area contributed by atoms with Crippen molar-refractivity contribution < 1.29 is 14.7 Å². The summed E-state index contributed by atoms with van der Waals surface area (Å²) in [6.45, 7) is 3.27. The first kappa shape index (κ1) is 11.5. The number of amides is 1. The summed E-state index contributed by atoms with van der Waals surface area (Å²) in [6, 6.07) is -0.666. The molecule has 2 saturated heterocycles. The van der Waals surface area contributed by atoms with Gasteiger partial charge < -0.3 is 15.3 Å². The van der Waals surface area contributed by atoms with E-state index in [9.17, 15) is 9.59 Å². The van der Waals surface area contributed by atoms with Gasteiger partial charge in [-0.25, -0.2) is 4.79 Å². The molecule has 0 saturated carbocycles.